The molecule has 0 heterocycles. The van der Waals surface area contributed by atoms with Gasteiger partial charge in [0, 0.05) is 0 Å². The maximum atomic E-state index is 11.4. The third-order valence-corrected chi connectivity index (χ3v) is 2.46. The van der Waals surface area contributed by atoms with E-state index in [0.717, 1.165) is 19.3 Å². The highest BCUT2D eigenvalue weighted by Gasteiger charge is 2.24. The number of hydrogen-bond acceptors (Lipinski definition) is 4. The van der Waals surface area contributed by atoms with Gasteiger partial charge in [0.15, 0.2) is 0 Å². The van der Waals surface area contributed by atoms with Gasteiger partial charge < -0.3 is 15.2 Å². The molecule has 0 aliphatic carbocycles. The molecule has 0 aromatic carbocycles. The quantitative estimate of drug-likeness (QED) is 0.323. The standard InChI is InChI=1S/C11H25N3O3/c1-10(15)8-6-7-9-17-12-14(16)13(5)11(2,3)4/h10,15H,6-9H2,1-5H3/b14-12-/t10-/m0/s1. The first-order chi connectivity index (χ1) is 7.75. The van der Waals surface area contributed by atoms with E-state index >= 15 is 0 Å². The lowest BCUT2D eigenvalue weighted by Gasteiger charge is -2.26. The van der Waals surface area contributed by atoms with Crippen LogP contribution in [0.5, 0.6) is 0 Å². The Morgan fingerprint density at radius 1 is 1.41 bits per heavy atom. The predicted octanol–water partition coefficient (Wildman–Crippen LogP) is 2.08. The van der Waals surface area contributed by atoms with Gasteiger partial charge in [-0.15, -0.1) is 5.01 Å². The van der Waals surface area contributed by atoms with E-state index in [1.54, 1.807) is 14.0 Å². The summed E-state index contributed by atoms with van der Waals surface area (Å²) in [5, 5.41) is 25.4. The molecule has 0 radical (unpaired) electrons. The molecule has 0 spiro atoms. The third-order valence-electron chi connectivity index (χ3n) is 2.46. The van der Waals surface area contributed by atoms with Crippen molar-refractivity contribution < 1.29 is 14.9 Å². The predicted molar refractivity (Wildman–Crippen MR) is 65.1 cm³/mol. The van der Waals surface area contributed by atoms with Crippen molar-refractivity contribution in [1.82, 2.24) is 5.01 Å². The first kappa shape index (κ1) is 16.0. The fourth-order valence-electron chi connectivity index (χ4n) is 1.01. The Labute approximate surface area is 103 Å². The average molecular weight is 247 g/mol. The maximum absolute atomic E-state index is 11.4. The number of nitrogens with zero attached hydrogens (tertiary/aromatic N) is 3. The van der Waals surface area contributed by atoms with E-state index in [-0.39, 0.29) is 11.6 Å². The summed E-state index contributed by atoms with van der Waals surface area (Å²) in [6, 6.07) is 0. The molecule has 0 aliphatic heterocycles. The average Bonchev–Trinajstić information content (AvgIpc) is 2.19. The minimum Gasteiger partial charge on any atom is -0.569 e. The molecule has 1 N–H and O–H groups in total. The van der Waals surface area contributed by atoms with Gasteiger partial charge in [-0.2, -0.15) is 0 Å². The van der Waals surface area contributed by atoms with Crippen LogP contribution in [-0.2, 0) is 4.84 Å². The molecule has 17 heavy (non-hydrogen) atoms. The molecule has 0 saturated heterocycles. The Morgan fingerprint density at radius 3 is 2.47 bits per heavy atom. The van der Waals surface area contributed by atoms with Gasteiger partial charge in [-0.25, -0.2) is 0 Å². The Hall–Kier alpha value is -1.04. The van der Waals surface area contributed by atoms with Gasteiger partial charge in [-0.3, -0.25) is 0 Å². The monoisotopic (exact) mass is 247 g/mol. The molecule has 0 fully saturated rings. The van der Waals surface area contributed by atoms with Crippen LogP contribution in [0.1, 0.15) is 47.0 Å². The van der Waals surface area contributed by atoms with Crippen molar-refractivity contribution in [3.63, 3.8) is 0 Å². The van der Waals surface area contributed by atoms with Gasteiger partial charge in [0.1, 0.15) is 6.61 Å². The molecule has 0 bridgehead atoms. The molecule has 0 amide bonds. The zero-order valence-corrected chi connectivity index (χ0v) is 11.5. The van der Waals surface area contributed by atoms with Crippen LogP contribution in [0.15, 0.2) is 5.28 Å². The topological polar surface area (TPSA) is 71.1 Å². The van der Waals surface area contributed by atoms with Crippen LogP contribution >= 0.6 is 0 Å². The Kier molecular flexibility index (Phi) is 6.87. The highest BCUT2D eigenvalue weighted by Crippen LogP contribution is 2.10. The van der Waals surface area contributed by atoms with Crippen molar-refractivity contribution in [2.24, 2.45) is 5.28 Å². The summed E-state index contributed by atoms with van der Waals surface area (Å²) in [5.74, 6) is 0. The summed E-state index contributed by atoms with van der Waals surface area (Å²) in [6.07, 6.45) is 2.10. The van der Waals surface area contributed by atoms with E-state index in [4.69, 9.17) is 9.94 Å². The summed E-state index contributed by atoms with van der Waals surface area (Å²) < 4.78 is 0. The van der Waals surface area contributed by atoms with Crippen LogP contribution in [0.4, 0.5) is 0 Å². The number of hydrazine groups is 1. The SMILES string of the molecule is C[C@H](O)CCCCO/N=[N+](\[O-])N(C)C(C)(C)C. The second-order valence-electron chi connectivity index (χ2n) is 5.21. The molecular weight excluding hydrogens is 222 g/mol. The zero-order valence-electron chi connectivity index (χ0n) is 11.5. The highest BCUT2D eigenvalue weighted by molar-refractivity contribution is 4.64. The fourth-order valence-corrected chi connectivity index (χ4v) is 1.01. The van der Waals surface area contributed by atoms with Crippen LogP contribution in [0, 0.1) is 5.21 Å². The zero-order chi connectivity index (χ0) is 13.5. The van der Waals surface area contributed by atoms with Crippen molar-refractivity contribution in [3.8, 4) is 0 Å². The molecule has 6 nitrogen and oxygen atoms in total. The molecule has 6 heteroatoms. The second-order valence-corrected chi connectivity index (χ2v) is 5.21. The normalized spacial score (nSPS) is 14.6. The molecule has 102 valence electrons. The van der Waals surface area contributed by atoms with Gasteiger partial charge in [0.2, 0.25) is 5.28 Å². The molecule has 0 aliphatic rings. The molecular formula is C11H25N3O3. The van der Waals surface area contributed by atoms with Crippen LogP contribution in [0.3, 0.4) is 0 Å². The first-order valence-electron chi connectivity index (χ1n) is 5.97. The van der Waals surface area contributed by atoms with E-state index in [1.165, 1.54) is 5.01 Å². The van der Waals surface area contributed by atoms with E-state index < -0.39 is 0 Å². The summed E-state index contributed by atoms with van der Waals surface area (Å²) in [6.45, 7) is 7.88. The highest BCUT2D eigenvalue weighted by atomic mass is 16.7. The molecule has 1 atom stereocenters. The first-order valence-corrected chi connectivity index (χ1v) is 5.97. The van der Waals surface area contributed by atoms with Crippen molar-refractivity contribution in [2.75, 3.05) is 13.7 Å². The number of aliphatic hydroxyl groups excluding tert-OH is 1. The lowest BCUT2D eigenvalue weighted by Crippen LogP contribution is -2.42. The summed E-state index contributed by atoms with van der Waals surface area (Å²) in [7, 11) is 1.66. The second kappa shape index (κ2) is 7.32. The van der Waals surface area contributed by atoms with Crippen molar-refractivity contribution in [2.45, 2.75) is 58.6 Å². The molecule has 0 unspecified atom stereocenters. The summed E-state index contributed by atoms with van der Waals surface area (Å²) in [5.41, 5.74) is -0.291. The fraction of sp³-hybridized carbons (Fsp3) is 1.00. The Balaban J connectivity index is 3.78. The number of unbranched alkanes of at least 4 members (excludes halogenated alkanes) is 1. The van der Waals surface area contributed by atoms with Gasteiger partial charge in [-0.1, -0.05) is 0 Å². The number of hydrogen-bond donors (Lipinski definition) is 1. The minimum atomic E-state index is -0.291. The van der Waals surface area contributed by atoms with Crippen molar-refractivity contribution in [1.29, 1.82) is 0 Å². The third kappa shape index (κ3) is 7.79. The minimum absolute atomic E-state index is 0.282. The maximum Gasteiger partial charge on any atom is 0.233 e. The van der Waals surface area contributed by atoms with Gasteiger partial charge in [0.05, 0.1) is 23.7 Å². The Morgan fingerprint density at radius 2 is 2.00 bits per heavy atom. The smallest absolute Gasteiger partial charge is 0.233 e. The van der Waals surface area contributed by atoms with E-state index in [2.05, 4.69) is 5.28 Å². The largest absolute Gasteiger partial charge is 0.569 e. The van der Waals surface area contributed by atoms with Crippen molar-refractivity contribution in [3.05, 3.63) is 5.21 Å². The lowest BCUT2D eigenvalue weighted by atomic mass is 10.1. The van der Waals surface area contributed by atoms with Crippen molar-refractivity contribution >= 4 is 0 Å². The van der Waals surface area contributed by atoms with Crippen LogP contribution in [-0.4, -0.2) is 40.4 Å². The van der Waals surface area contributed by atoms with E-state index in [0.29, 0.717) is 11.6 Å². The van der Waals surface area contributed by atoms with Crippen LogP contribution in [0.2, 0.25) is 0 Å². The van der Waals surface area contributed by atoms with E-state index in [9.17, 15) is 5.21 Å². The van der Waals surface area contributed by atoms with Gasteiger partial charge in [0.25, 0.3) is 0 Å². The molecule has 0 saturated carbocycles. The van der Waals surface area contributed by atoms with Gasteiger partial charge in [-0.05, 0) is 47.0 Å². The lowest BCUT2D eigenvalue weighted by molar-refractivity contribution is -0.719. The summed E-state index contributed by atoms with van der Waals surface area (Å²) >= 11 is 0. The summed E-state index contributed by atoms with van der Waals surface area (Å²) in [4.78, 5) is 5.36. The molecule has 0 aromatic heterocycles. The number of rotatable bonds is 7. The molecule has 0 rings (SSSR count). The van der Waals surface area contributed by atoms with E-state index in [1.807, 2.05) is 20.8 Å². The number of aliphatic hydroxyl groups is 1. The van der Waals surface area contributed by atoms with Crippen LogP contribution < -0.4 is 0 Å². The van der Waals surface area contributed by atoms with Gasteiger partial charge >= 0.3 is 0 Å². The molecule has 0 aromatic rings. The Bertz CT molecular complexity index is 237. The van der Waals surface area contributed by atoms with Crippen LogP contribution in [0.25, 0.3) is 0 Å².